The van der Waals surface area contributed by atoms with Crippen LogP contribution in [-0.4, -0.2) is 0 Å². The van der Waals surface area contributed by atoms with Gasteiger partial charge in [-0.1, -0.05) is 27.5 Å². The van der Waals surface area contributed by atoms with Crippen molar-refractivity contribution in [2.24, 2.45) is 0 Å². The predicted molar refractivity (Wildman–Crippen MR) is 79.8 cm³/mol. The summed E-state index contributed by atoms with van der Waals surface area (Å²) in [5.41, 5.74) is 0. The van der Waals surface area contributed by atoms with Gasteiger partial charge in [-0.05, 0) is 49.4 Å². The molecule has 2 aromatic heterocycles. The van der Waals surface area contributed by atoms with E-state index in [4.69, 9.17) is 11.6 Å². The van der Waals surface area contributed by atoms with Crippen LogP contribution in [0.25, 0.3) is 0 Å². The average molecular weight is 451 g/mol. The Hall–Kier alpha value is 1.13. The maximum Gasteiger partial charge on any atom is 0.0846 e. The molecular formula is C9H4Br3ClS2. The van der Waals surface area contributed by atoms with Gasteiger partial charge in [0.05, 0.1) is 13.6 Å². The third-order valence-corrected chi connectivity index (χ3v) is 8.09. The fourth-order valence-electron chi connectivity index (χ4n) is 1.10. The number of thiophene rings is 2. The van der Waals surface area contributed by atoms with Gasteiger partial charge in [0, 0.05) is 14.2 Å². The normalized spacial score (nSPS) is 13.1. The lowest BCUT2D eigenvalue weighted by Gasteiger charge is -2.04. The SMILES string of the molecule is Clc1ccsc1C(Br)c1cc(Br)c(Br)s1. The second-order valence-corrected chi connectivity index (χ2v) is 8.29. The van der Waals surface area contributed by atoms with Crippen molar-refractivity contribution in [2.75, 3.05) is 0 Å². The molecule has 1 atom stereocenters. The van der Waals surface area contributed by atoms with Crippen molar-refractivity contribution in [3.05, 3.63) is 40.5 Å². The molecule has 0 aliphatic heterocycles. The van der Waals surface area contributed by atoms with Gasteiger partial charge in [0.15, 0.2) is 0 Å². The van der Waals surface area contributed by atoms with Crippen LogP contribution >= 0.6 is 82.1 Å². The summed E-state index contributed by atoms with van der Waals surface area (Å²) < 4.78 is 2.19. The number of halogens is 4. The average Bonchev–Trinajstić information content (AvgIpc) is 2.74. The zero-order valence-corrected chi connectivity index (χ0v) is 14.3. The first-order valence-corrected chi connectivity index (χ1v) is 8.49. The van der Waals surface area contributed by atoms with E-state index in [1.165, 1.54) is 4.88 Å². The monoisotopic (exact) mass is 448 g/mol. The molecule has 0 radical (unpaired) electrons. The third-order valence-electron chi connectivity index (χ3n) is 1.79. The van der Waals surface area contributed by atoms with Crippen LogP contribution in [0.5, 0.6) is 0 Å². The van der Waals surface area contributed by atoms with E-state index < -0.39 is 0 Å². The molecule has 0 saturated carbocycles. The Labute approximate surface area is 126 Å². The molecule has 2 rings (SSSR count). The molecular weight excluding hydrogens is 447 g/mol. The first kappa shape index (κ1) is 12.6. The highest BCUT2D eigenvalue weighted by Crippen LogP contribution is 2.44. The highest BCUT2D eigenvalue weighted by Gasteiger charge is 2.18. The molecule has 2 heterocycles. The van der Waals surface area contributed by atoms with Crippen LogP contribution in [0.1, 0.15) is 14.6 Å². The topological polar surface area (TPSA) is 0 Å². The van der Waals surface area contributed by atoms with Gasteiger partial charge >= 0.3 is 0 Å². The van der Waals surface area contributed by atoms with Crippen LogP contribution in [0.15, 0.2) is 25.8 Å². The van der Waals surface area contributed by atoms with E-state index >= 15 is 0 Å². The summed E-state index contributed by atoms with van der Waals surface area (Å²) in [5, 5.41) is 2.83. The lowest BCUT2D eigenvalue weighted by molar-refractivity contribution is 1.28. The Morgan fingerprint density at radius 2 is 2.07 bits per heavy atom. The van der Waals surface area contributed by atoms with Crippen molar-refractivity contribution in [1.82, 2.24) is 0 Å². The number of rotatable bonds is 2. The van der Waals surface area contributed by atoms with Crippen molar-refractivity contribution in [1.29, 1.82) is 0 Å². The Balaban J connectivity index is 2.36. The second kappa shape index (κ2) is 5.19. The Morgan fingerprint density at radius 1 is 1.33 bits per heavy atom. The molecule has 0 fully saturated rings. The van der Waals surface area contributed by atoms with Gasteiger partial charge < -0.3 is 0 Å². The lowest BCUT2D eigenvalue weighted by atomic mass is 10.3. The largest absolute Gasteiger partial charge is 0.146 e. The van der Waals surface area contributed by atoms with Crippen LogP contribution in [-0.2, 0) is 0 Å². The molecule has 6 heteroatoms. The van der Waals surface area contributed by atoms with Gasteiger partial charge in [-0.15, -0.1) is 22.7 Å². The first-order valence-electron chi connectivity index (χ1n) is 3.91. The van der Waals surface area contributed by atoms with Crippen LogP contribution in [0.4, 0.5) is 0 Å². The second-order valence-electron chi connectivity index (χ2n) is 2.77. The van der Waals surface area contributed by atoms with Crippen LogP contribution < -0.4 is 0 Å². The summed E-state index contributed by atoms with van der Waals surface area (Å²) in [6.45, 7) is 0. The van der Waals surface area contributed by atoms with E-state index in [1.807, 2.05) is 11.4 Å². The summed E-state index contributed by atoms with van der Waals surface area (Å²) in [4.78, 5) is 2.56. The first-order chi connectivity index (χ1) is 7.09. The van der Waals surface area contributed by atoms with Crippen LogP contribution in [0.3, 0.4) is 0 Å². The highest BCUT2D eigenvalue weighted by atomic mass is 79.9. The van der Waals surface area contributed by atoms with Crippen molar-refractivity contribution >= 4 is 82.1 Å². The van der Waals surface area contributed by atoms with Crippen LogP contribution in [0, 0.1) is 0 Å². The molecule has 1 unspecified atom stereocenters. The Bertz CT molecular complexity index is 458. The van der Waals surface area contributed by atoms with E-state index in [9.17, 15) is 0 Å². The molecule has 0 spiro atoms. The molecule has 0 aromatic carbocycles. The molecule has 0 saturated heterocycles. The molecule has 0 nitrogen and oxygen atoms in total. The molecule has 0 aliphatic carbocycles. The van der Waals surface area contributed by atoms with E-state index in [2.05, 4.69) is 53.9 Å². The van der Waals surface area contributed by atoms with Crippen molar-refractivity contribution in [3.8, 4) is 0 Å². The molecule has 15 heavy (non-hydrogen) atoms. The molecule has 0 N–H and O–H groups in total. The fourth-order valence-corrected chi connectivity index (χ4v) is 5.53. The summed E-state index contributed by atoms with van der Waals surface area (Å²) in [6, 6.07) is 4.03. The maximum absolute atomic E-state index is 6.09. The minimum absolute atomic E-state index is 0.178. The van der Waals surface area contributed by atoms with E-state index in [0.717, 1.165) is 18.2 Å². The van der Waals surface area contributed by atoms with Gasteiger partial charge in [0.25, 0.3) is 0 Å². The summed E-state index contributed by atoms with van der Waals surface area (Å²) >= 11 is 20.1. The summed E-state index contributed by atoms with van der Waals surface area (Å²) in [5.74, 6) is 0. The number of hydrogen-bond acceptors (Lipinski definition) is 2. The fraction of sp³-hybridized carbons (Fsp3) is 0.111. The number of alkyl halides is 1. The number of hydrogen-bond donors (Lipinski definition) is 0. The molecule has 2 aromatic rings. The quantitative estimate of drug-likeness (QED) is 0.459. The predicted octanol–water partition coefficient (Wildman–Crippen LogP) is 6.47. The minimum atomic E-state index is 0.178. The van der Waals surface area contributed by atoms with Gasteiger partial charge in [-0.25, -0.2) is 0 Å². The van der Waals surface area contributed by atoms with Crippen LogP contribution in [0.2, 0.25) is 5.02 Å². The highest BCUT2D eigenvalue weighted by molar-refractivity contribution is 9.13. The summed E-state index contributed by atoms with van der Waals surface area (Å²) in [6.07, 6.45) is 0. The molecule has 0 aliphatic rings. The van der Waals surface area contributed by atoms with E-state index in [-0.39, 0.29) is 4.83 Å². The zero-order chi connectivity index (χ0) is 11.0. The molecule has 0 bridgehead atoms. The van der Waals surface area contributed by atoms with Gasteiger partial charge in [-0.3, -0.25) is 0 Å². The summed E-state index contributed by atoms with van der Waals surface area (Å²) in [7, 11) is 0. The van der Waals surface area contributed by atoms with Gasteiger partial charge in [0.1, 0.15) is 0 Å². The van der Waals surface area contributed by atoms with E-state index in [0.29, 0.717) is 0 Å². The van der Waals surface area contributed by atoms with Gasteiger partial charge in [-0.2, -0.15) is 0 Å². The van der Waals surface area contributed by atoms with E-state index in [1.54, 1.807) is 22.7 Å². The van der Waals surface area contributed by atoms with Crippen molar-refractivity contribution < 1.29 is 0 Å². The Kier molecular flexibility index (Phi) is 4.35. The Morgan fingerprint density at radius 3 is 2.53 bits per heavy atom. The molecule has 80 valence electrons. The molecule has 0 amide bonds. The third kappa shape index (κ3) is 2.69. The maximum atomic E-state index is 6.09. The smallest absolute Gasteiger partial charge is 0.0846 e. The lowest BCUT2D eigenvalue weighted by Crippen LogP contribution is -1.84. The van der Waals surface area contributed by atoms with Gasteiger partial charge in [0.2, 0.25) is 0 Å². The minimum Gasteiger partial charge on any atom is -0.146 e. The zero-order valence-electron chi connectivity index (χ0n) is 7.14. The van der Waals surface area contributed by atoms with Crippen molar-refractivity contribution in [2.45, 2.75) is 4.83 Å². The standard InChI is InChI=1S/C9H4Br3ClS2/c10-4-3-6(15-9(4)12)7(11)8-5(13)1-2-14-8/h1-3,7H. The van der Waals surface area contributed by atoms with Crippen molar-refractivity contribution in [3.63, 3.8) is 0 Å².